The summed E-state index contributed by atoms with van der Waals surface area (Å²) in [5.74, 6) is 0.849. The molecule has 0 bridgehead atoms. The summed E-state index contributed by atoms with van der Waals surface area (Å²) in [5.41, 5.74) is 3.26. The third kappa shape index (κ3) is 3.15. The van der Waals surface area contributed by atoms with Crippen molar-refractivity contribution in [1.82, 2.24) is 0 Å². The maximum absolute atomic E-state index is 11.9. The fourth-order valence-electron chi connectivity index (χ4n) is 5.26. The van der Waals surface area contributed by atoms with E-state index < -0.39 is 0 Å². The van der Waals surface area contributed by atoms with Crippen LogP contribution in [0.5, 0.6) is 0 Å². The Morgan fingerprint density at radius 1 is 0.923 bits per heavy atom. The molecule has 2 aliphatic rings. The summed E-state index contributed by atoms with van der Waals surface area (Å²) in [6, 6.07) is 19.0. The number of anilines is 1. The summed E-state index contributed by atoms with van der Waals surface area (Å²) in [7, 11) is 0. The zero-order chi connectivity index (χ0) is 17.8. The van der Waals surface area contributed by atoms with Gasteiger partial charge >= 0.3 is 0 Å². The molecule has 0 heterocycles. The van der Waals surface area contributed by atoms with Gasteiger partial charge in [0.05, 0.1) is 0 Å². The van der Waals surface area contributed by atoms with Crippen molar-refractivity contribution in [3.63, 3.8) is 0 Å². The molecule has 4 rings (SSSR count). The Kier molecular flexibility index (Phi) is 5.05. The third-order valence-electron chi connectivity index (χ3n) is 6.62. The van der Waals surface area contributed by atoms with Gasteiger partial charge in [0.15, 0.2) is 0 Å². The van der Waals surface area contributed by atoms with Crippen molar-refractivity contribution in [2.75, 3.05) is 11.9 Å². The van der Waals surface area contributed by atoms with Gasteiger partial charge in [-0.25, -0.2) is 0 Å². The first-order chi connectivity index (χ1) is 12.8. The second kappa shape index (κ2) is 7.61. The van der Waals surface area contributed by atoms with Gasteiger partial charge in [0.2, 0.25) is 0 Å². The van der Waals surface area contributed by atoms with Gasteiger partial charge in [0.25, 0.3) is 0 Å². The zero-order valence-electron chi connectivity index (χ0n) is 15.4. The molecule has 2 aromatic rings. The lowest BCUT2D eigenvalue weighted by Gasteiger charge is -2.47. The molecule has 3 nitrogen and oxygen atoms in total. The van der Waals surface area contributed by atoms with Gasteiger partial charge in [0, 0.05) is 23.7 Å². The van der Waals surface area contributed by atoms with Crippen LogP contribution in [0.25, 0.3) is 11.1 Å². The third-order valence-corrected chi connectivity index (χ3v) is 6.62. The Hall–Kier alpha value is -2.16. The Morgan fingerprint density at radius 3 is 2.54 bits per heavy atom. The van der Waals surface area contributed by atoms with Crippen molar-refractivity contribution >= 4 is 5.69 Å². The molecule has 0 amide bonds. The van der Waals surface area contributed by atoms with Crippen molar-refractivity contribution in [2.45, 2.75) is 50.5 Å². The lowest BCUT2D eigenvalue weighted by atomic mass is 9.60. The maximum Gasteiger partial charge on any atom is 0.110 e. The highest BCUT2D eigenvalue weighted by Gasteiger charge is 2.50. The first-order valence-corrected chi connectivity index (χ1v) is 10.1. The van der Waals surface area contributed by atoms with Crippen molar-refractivity contribution in [1.29, 1.82) is 0 Å². The number of hydrogen-bond acceptors (Lipinski definition) is 3. The summed E-state index contributed by atoms with van der Waals surface area (Å²) in [4.78, 5) is 11.9. The average molecular weight is 348 g/mol. The van der Waals surface area contributed by atoms with E-state index in [0.717, 1.165) is 31.5 Å². The van der Waals surface area contributed by atoms with Gasteiger partial charge in [-0.2, -0.15) is 4.91 Å². The minimum atomic E-state index is -0.328. The van der Waals surface area contributed by atoms with Crippen molar-refractivity contribution < 1.29 is 0 Å². The predicted molar refractivity (Wildman–Crippen MR) is 108 cm³/mol. The van der Waals surface area contributed by atoms with Crippen LogP contribution in [0.3, 0.4) is 0 Å². The lowest BCUT2D eigenvalue weighted by molar-refractivity contribution is 0.0742. The molecule has 2 aromatic carbocycles. The molecule has 2 aliphatic carbocycles. The molecule has 2 saturated carbocycles. The molecule has 0 spiro atoms. The Bertz CT molecular complexity index is 743. The quantitative estimate of drug-likeness (QED) is 0.648. The van der Waals surface area contributed by atoms with Crippen LogP contribution in [-0.4, -0.2) is 12.1 Å². The second-order valence-corrected chi connectivity index (χ2v) is 7.95. The monoisotopic (exact) mass is 348 g/mol. The van der Waals surface area contributed by atoms with E-state index in [1.54, 1.807) is 0 Å². The maximum atomic E-state index is 11.9. The number of nitroso groups, excluding NO2 is 1. The van der Waals surface area contributed by atoms with Gasteiger partial charge in [0.1, 0.15) is 5.54 Å². The average Bonchev–Trinajstić information content (AvgIpc) is 2.73. The smallest absolute Gasteiger partial charge is 0.110 e. The number of fused-ring (bicyclic) bond motifs is 1. The first-order valence-electron chi connectivity index (χ1n) is 10.1. The summed E-state index contributed by atoms with van der Waals surface area (Å²) in [6.07, 6.45) is 8.11. The molecule has 0 radical (unpaired) electrons. The molecule has 0 saturated heterocycles. The number of nitrogens with zero attached hydrogens (tertiary/aromatic N) is 1. The van der Waals surface area contributed by atoms with Gasteiger partial charge in [-0.15, -0.1) is 0 Å². The van der Waals surface area contributed by atoms with Crippen LogP contribution < -0.4 is 5.32 Å². The fraction of sp³-hybridized carbons (Fsp3) is 0.478. The van der Waals surface area contributed by atoms with Crippen LogP contribution in [0.15, 0.2) is 59.8 Å². The van der Waals surface area contributed by atoms with Crippen LogP contribution in [0.1, 0.15) is 44.9 Å². The summed E-state index contributed by atoms with van der Waals surface area (Å²) in [5, 5.41) is 7.46. The SMILES string of the molecule is O=NC12CCCCC1CCCC2CNc1ccccc1-c1ccccc1. The number of rotatable bonds is 5. The van der Waals surface area contributed by atoms with E-state index in [1.807, 2.05) is 6.07 Å². The van der Waals surface area contributed by atoms with Crippen LogP contribution in [0, 0.1) is 16.7 Å². The van der Waals surface area contributed by atoms with E-state index in [0.29, 0.717) is 11.8 Å². The topological polar surface area (TPSA) is 41.5 Å². The molecule has 26 heavy (non-hydrogen) atoms. The van der Waals surface area contributed by atoms with Crippen LogP contribution in [0.2, 0.25) is 0 Å². The predicted octanol–water partition coefficient (Wildman–Crippen LogP) is 6.26. The lowest BCUT2D eigenvalue weighted by Crippen LogP contribution is -2.50. The van der Waals surface area contributed by atoms with Gasteiger partial charge in [-0.3, -0.25) is 0 Å². The first kappa shape index (κ1) is 17.3. The summed E-state index contributed by atoms with van der Waals surface area (Å²) in [6.45, 7) is 0.839. The molecular weight excluding hydrogens is 320 g/mol. The zero-order valence-corrected chi connectivity index (χ0v) is 15.4. The Morgan fingerprint density at radius 2 is 1.69 bits per heavy atom. The fourth-order valence-corrected chi connectivity index (χ4v) is 5.26. The van der Waals surface area contributed by atoms with Crippen LogP contribution in [0.4, 0.5) is 5.69 Å². The number of benzene rings is 2. The van der Waals surface area contributed by atoms with Crippen molar-refractivity contribution in [3.05, 3.63) is 59.5 Å². The van der Waals surface area contributed by atoms with Crippen LogP contribution >= 0.6 is 0 Å². The molecule has 3 heteroatoms. The molecule has 0 aliphatic heterocycles. The van der Waals surface area contributed by atoms with Crippen LogP contribution in [-0.2, 0) is 0 Å². The highest BCUT2D eigenvalue weighted by atomic mass is 16.3. The van der Waals surface area contributed by atoms with Gasteiger partial charge in [-0.1, -0.05) is 73.0 Å². The largest absolute Gasteiger partial charge is 0.384 e. The minimum absolute atomic E-state index is 0.328. The van der Waals surface area contributed by atoms with E-state index >= 15 is 0 Å². The molecule has 3 atom stereocenters. The highest BCUT2D eigenvalue weighted by Crippen LogP contribution is 2.49. The van der Waals surface area contributed by atoms with Crippen molar-refractivity contribution in [3.8, 4) is 11.1 Å². The Balaban J connectivity index is 1.55. The van der Waals surface area contributed by atoms with E-state index in [9.17, 15) is 4.91 Å². The van der Waals surface area contributed by atoms with E-state index in [1.165, 1.54) is 36.8 Å². The molecule has 136 valence electrons. The minimum Gasteiger partial charge on any atom is -0.384 e. The van der Waals surface area contributed by atoms with Gasteiger partial charge in [-0.05, 0) is 43.2 Å². The van der Waals surface area contributed by atoms with E-state index in [-0.39, 0.29) is 5.54 Å². The number of hydrogen-bond donors (Lipinski definition) is 1. The standard InChI is InChI=1S/C23H28N2O/c26-25-23-16-7-6-11-19(23)12-8-13-20(23)17-24-22-15-5-4-14-21(22)18-9-2-1-3-10-18/h1-5,9-10,14-15,19-20,24H,6-8,11-13,16-17H2. The highest BCUT2D eigenvalue weighted by molar-refractivity contribution is 5.77. The summed E-state index contributed by atoms with van der Waals surface area (Å²) < 4.78 is 0. The molecule has 1 N–H and O–H groups in total. The molecule has 3 unspecified atom stereocenters. The summed E-state index contributed by atoms with van der Waals surface area (Å²) >= 11 is 0. The second-order valence-electron chi connectivity index (χ2n) is 7.95. The Labute approximate surface area is 156 Å². The number of para-hydroxylation sites is 1. The molecule has 0 aromatic heterocycles. The van der Waals surface area contributed by atoms with Gasteiger partial charge < -0.3 is 5.32 Å². The van der Waals surface area contributed by atoms with Crippen molar-refractivity contribution in [2.24, 2.45) is 17.0 Å². The molecule has 2 fully saturated rings. The van der Waals surface area contributed by atoms with E-state index in [2.05, 4.69) is 59.0 Å². The van der Waals surface area contributed by atoms with E-state index in [4.69, 9.17) is 0 Å². The number of nitrogens with one attached hydrogen (secondary N) is 1. The molecular formula is C23H28N2O. The normalized spacial score (nSPS) is 28.2.